The summed E-state index contributed by atoms with van der Waals surface area (Å²) >= 11 is 6.17. The van der Waals surface area contributed by atoms with Crippen LogP contribution in [0.4, 0.5) is 5.95 Å². The predicted molar refractivity (Wildman–Crippen MR) is 108 cm³/mol. The second-order valence-electron chi connectivity index (χ2n) is 6.61. The van der Waals surface area contributed by atoms with E-state index in [0.29, 0.717) is 23.9 Å². The van der Waals surface area contributed by atoms with Gasteiger partial charge in [0.05, 0.1) is 29.5 Å². The van der Waals surface area contributed by atoms with Gasteiger partial charge >= 0.3 is 0 Å². The molecule has 0 aliphatic rings. The van der Waals surface area contributed by atoms with Crippen molar-refractivity contribution >= 4 is 23.5 Å². The summed E-state index contributed by atoms with van der Waals surface area (Å²) in [5, 5.41) is 11.9. The molecule has 4 aromatic rings. The average molecular weight is 411 g/mol. The van der Waals surface area contributed by atoms with Crippen molar-refractivity contribution in [3.8, 4) is 0 Å². The molecule has 0 unspecified atom stereocenters. The summed E-state index contributed by atoms with van der Waals surface area (Å²) < 4.78 is 9.05. The number of carbonyl (C=O) groups is 1. The monoisotopic (exact) mass is 410 g/mol. The molecule has 1 aromatic carbocycles. The SMILES string of the molecule is Cc1nn(Cc2ccc(C(=O)Nc3ncn(Cc4ccccc4)n3)o2)c(C)c1Cl. The first-order valence-electron chi connectivity index (χ1n) is 9.02. The third-order valence-corrected chi connectivity index (χ3v) is 4.98. The first kappa shape index (κ1) is 18.9. The summed E-state index contributed by atoms with van der Waals surface area (Å²) in [4.78, 5) is 16.6. The van der Waals surface area contributed by atoms with Crippen LogP contribution in [0.5, 0.6) is 0 Å². The van der Waals surface area contributed by atoms with E-state index in [2.05, 4.69) is 20.5 Å². The number of anilines is 1. The van der Waals surface area contributed by atoms with Gasteiger partial charge in [0.1, 0.15) is 12.1 Å². The van der Waals surface area contributed by atoms with Gasteiger partial charge in [-0.3, -0.25) is 14.8 Å². The number of aryl methyl sites for hydroxylation is 1. The van der Waals surface area contributed by atoms with Crippen LogP contribution in [-0.2, 0) is 13.1 Å². The molecule has 4 rings (SSSR count). The summed E-state index contributed by atoms with van der Waals surface area (Å²) in [5.41, 5.74) is 2.70. The highest BCUT2D eigenvalue weighted by atomic mass is 35.5. The van der Waals surface area contributed by atoms with Gasteiger partial charge in [-0.25, -0.2) is 9.67 Å². The Hall–Kier alpha value is -3.39. The molecule has 0 bridgehead atoms. The highest BCUT2D eigenvalue weighted by Crippen LogP contribution is 2.20. The minimum absolute atomic E-state index is 0.173. The average Bonchev–Trinajstić information content (AvgIpc) is 3.41. The zero-order valence-electron chi connectivity index (χ0n) is 16.0. The maximum atomic E-state index is 12.4. The fourth-order valence-corrected chi connectivity index (χ4v) is 3.06. The highest BCUT2D eigenvalue weighted by molar-refractivity contribution is 6.31. The van der Waals surface area contributed by atoms with E-state index in [0.717, 1.165) is 17.0 Å². The molecule has 8 nitrogen and oxygen atoms in total. The molecule has 0 spiro atoms. The Morgan fingerprint density at radius 1 is 1.10 bits per heavy atom. The van der Waals surface area contributed by atoms with Gasteiger partial charge in [0.2, 0.25) is 5.95 Å². The number of carbonyl (C=O) groups excluding carboxylic acids is 1. The first-order chi connectivity index (χ1) is 14.0. The molecule has 0 radical (unpaired) electrons. The molecule has 0 aliphatic heterocycles. The van der Waals surface area contributed by atoms with Gasteiger partial charge in [0, 0.05) is 0 Å². The third-order valence-electron chi connectivity index (χ3n) is 4.43. The summed E-state index contributed by atoms with van der Waals surface area (Å²) in [5.74, 6) is 0.571. The molecule has 3 heterocycles. The zero-order valence-corrected chi connectivity index (χ0v) is 16.7. The number of halogens is 1. The van der Waals surface area contributed by atoms with Crippen molar-refractivity contribution < 1.29 is 9.21 Å². The predicted octanol–water partition coefficient (Wildman–Crippen LogP) is 3.69. The zero-order chi connectivity index (χ0) is 20.4. The van der Waals surface area contributed by atoms with Crippen LogP contribution in [0.15, 0.2) is 53.2 Å². The van der Waals surface area contributed by atoms with E-state index >= 15 is 0 Å². The largest absolute Gasteiger partial charge is 0.454 e. The molecule has 0 atom stereocenters. The van der Waals surface area contributed by atoms with Crippen molar-refractivity contribution in [2.24, 2.45) is 0 Å². The Bertz CT molecular complexity index is 1150. The number of nitrogens with zero attached hydrogens (tertiary/aromatic N) is 5. The second-order valence-corrected chi connectivity index (χ2v) is 6.99. The van der Waals surface area contributed by atoms with Gasteiger partial charge < -0.3 is 4.42 Å². The van der Waals surface area contributed by atoms with Crippen LogP contribution in [0.3, 0.4) is 0 Å². The molecule has 1 amide bonds. The van der Waals surface area contributed by atoms with Gasteiger partial charge in [-0.1, -0.05) is 41.9 Å². The van der Waals surface area contributed by atoms with Gasteiger partial charge in [-0.2, -0.15) is 5.10 Å². The molecule has 0 saturated heterocycles. The normalized spacial score (nSPS) is 11.0. The van der Waals surface area contributed by atoms with Gasteiger partial charge in [-0.15, -0.1) is 5.10 Å². The van der Waals surface area contributed by atoms with Crippen LogP contribution in [0, 0.1) is 13.8 Å². The van der Waals surface area contributed by atoms with E-state index in [1.807, 2.05) is 44.2 Å². The van der Waals surface area contributed by atoms with Crippen molar-refractivity contribution in [1.29, 1.82) is 0 Å². The number of furan rings is 1. The standard InChI is InChI=1S/C20H19ClN6O2/c1-13-18(21)14(2)27(24-13)11-16-8-9-17(29-16)19(28)23-20-22-12-26(25-20)10-15-6-4-3-5-7-15/h3-9,12H,10-11H2,1-2H3,(H,23,25,28). The Labute approximate surface area is 172 Å². The number of rotatable bonds is 6. The fourth-order valence-electron chi connectivity index (χ4n) is 2.92. The molecule has 0 fully saturated rings. The topological polar surface area (TPSA) is 90.8 Å². The summed E-state index contributed by atoms with van der Waals surface area (Å²) in [6.45, 7) is 4.68. The van der Waals surface area contributed by atoms with E-state index in [-0.39, 0.29) is 11.7 Å². The second kappa shape index (κ2) is 7.92. The van der Waals surface area contributed by atoms with Crippen LogP contribution < -0.4 is 5.32 Å². The minimum Gasteiger partial charge on any atom is -0.454 e. The van der Waals surface area contributed by atoms with E-state index in [1.54, 1.807) is 27.8 Å². The number of amides is 1. The Morgan fingerprint density at radius 2 is 1.90 bits per heavy atom. The maximum Gasteiger partial charge on any atom is 0.293 e. The van der Waals surface area contributed by atoms with Crippen LogP contribution in [-0.4, -0.2) is 30.5 Å². The molecule has 148 valence electrons. The lowest BCUT2D eigenvalue weighted by Crippen LogP contribution is -2.12. The van der Waals surface area contributed by atoms with Crippen molar-refractivity contribution in [2.45, 2.75) is 26.9 Å². The smallest absolute Gasteiger partial charge is 0.293 e. The quantitative estimate of drug-likeness (QED) is 0.523. The molecular formula is C20H19ClN6O2. The fraction of sp³-hybridized carbons (Fsp3) is 0.200. The number of aromatic nitrogens is 5. The van der Waals surface area contributed by atoms with Crippen molar-refractivity contribution in [2.75, 3.05) is 5.32 Å². The third kappa shape index (κ3) is 4.22. The lowest BCUT2D eigenvalue weighted by Gasteiger charge is -2.02. The van der Waals surface area contributed by atoms with Crippen LogP contribution in [0.2, 0.25) is 5.02 Å². The number of benzene rings is 1. The summed E-state index contributed by atoms with van der Waals surface area (Å²) in [6, 6.07) is 13.2. The molecule has 0 saturated carbocycles. The van der Waals surface area contributed by atoms with E-state index in [1.165, 1.54) is 0 Å². The maximum absolute atomic E-state index is 12.4. The number of nitrogens with one attached hydrogen (secondary N) is 1. The number of hydrogen-bond acceptors (Lipinski definition) is 5. The molecule has 1 N–H and O–H groups in total. The first-order valence-corrected chi connectivity index (χ1v) is 9.40. The van der Waals surface area contributed by atoms with E-state index in [9.17, 15) is 4.79 Å². The van der Waals surface area contributed by atoms with Crippen molar-refractivity contribution in [3.05, 3.63) is 82.3 Å². The van der Waals surface area contributed by atoms with Crippen molar-refractivity contribution in [3.63, 3.8) is 0 Å². The molecule has 3 aromatic heterocycles. The number of hydrogen-bond donors (Lipinski definition) is 1. The molecular weight excluding hydrogens is 392 g/mol. The molecule has 9 heteroatoms. The minimum atomic E-state index is -0.417. The summed E-state index contributed by atoms with van der Waals surface area (Å²) in [6.07, 6.45) is 1.57. The van der Waals surface area contributed by atoms with Crippen molar-refractivity contribution in [1.82, 2.24) is 24.5 Å². The molecule has 0 aliphatic carbocycles. The van der Waals surface area contributed by atoms with E-state index in [4.69, 9.17) is 16.0 Å². The van der Waals surface area contributed by atoms with Crippen LogP contribution in [0.1, 0.15) is 33.3 Å². The van der Waals surface area contributed by atoms with E-state index < -0.39 is 5.91 Å². The molecule has 29 heavy (non-hydrogen) atoms. The lowest BCUT2D eigenvalue weighted by atomic mass is 10.2. The summed E-state index contributed by atoms with van der Waals surface area (Å²) in [7, 11) is 0. The van der Waals surface area contributed by atoms with Crippen LogP contribution in [0.25, 0.3) is 0 Å². The van der Waals surface area contributed by atoms with Gasteiger partial charge in [0.15, 0.2) is 5.76 Å². The lowest BCUT2D eigenvalue weighted by molar-refractivity contribution is 0.0993. The Morgan fingerprint density at radius 3 is 2.62 bits per heavy atom. The Kier molecular flexibility index (Phi) is 5.18. The Balaban J connectivity index is 1.40. The van der Waals surface area contributed by atoms with Gasteiger partial charge in [0.25, 0.3) is 5.91 Å². The van der Waals surface area contributed by atoms with Crippen LogP contribution >= 0.6 is 11.6 Å². The highest BCUT2D eigenvalue weighted by Gasteiger charge is 2.16. The van der Waals surface area contributed by atoms with Gasteiger partial charge in [-0.05, 0) is 31.5 Å².